The Morgan fingerprint density at radius 3 is 2.77 bits per heavy atom. The highest BCUT2D eigenvalue weighted by Gasteiger charge is 2.39. The molecule has 0 fully saturated rings. The van der Waals surface area contributed by atoms with Crippen LogP contribution < -0.4 is 10.6 Å². The molecule has 0 spiro atoms. The van der Waals surface area contributed by atoms with Crippen molar-refractivity contribution in [3.05, 3.63) is 70.9 Å². The van der Waals surface area contributed by atoms with Crippen molar-refractivity contribution >= 4 is 38.4 Å². The van der Waals surface area contributed by atoms with E-state index in [0.29, 0.717) is 12.4 Å². The number of allylic oxidation sites excluding steroid dienone is 1. The summed E-state index contributed by atoms with van der Waals surface area (Å²) >= 11 is 1.59. The lowest BCUT2D eigenvalue weighted by Crippen LogP contribution is -2.41. The lowest BCUT2D eigenvalue weighted by Gasteiger charge is -2.37. The summed E-state index contributed by atoms with van der Waals surface area (Å²) < 4.78 is 1.13. The number of rotatable bonds is 2. The Labute approximate surface area is 179 Å². The largest absolute Gasteiger partial charge is 0.329 e. The normalized spacial score (nSPS) is 20.6. The quantitative estimate of drug-likeness (QED) is 0.590. The molecule has 0 saturated heterocycles. The number of guanidine groups is 1. The summed E-state index contributed by atoms with van der Waals surface area (Å²) in [6, 6.07) is 16.0. The van der Waals surface area contributed by atoms with Crippen molar-refractivity contribution in [1.29, 1.82) is 0 Å². The molecule has 0 bridgehead atoms. The van der Waals surface area contributed by atoms with Crippen LogP contribution in [0, 0.1) is 12.3 Å². The van der Waals surface area contributed by atoms with Crippen LogP contribution in [0.3, 0.4) is 0 Å². The number of fused-ring (bicyclic) bond motifs is 1. The third-order valence-corrected chi connectivity index (χ3v) is 6.55. The molecule has 0 amide bonds. The monoisotopic (exact) mass is 416 g/mol. The van der Waals surface area contributed by atoms with E-state index >= 15 is 0 Å². The zero-order valence-electron chi connectivity index (χ0n) is 17.3. The van der Waals surface area contributed by atoms with Crippen LogP contribution in [0.25, 0.3) is 10.2 Å². The van der Waals surface area contributed by atoms with Gasteiger partial charge in [-0.3, -0.25) is 4.79 Å². The van der Waals surface area contributed by atoms with E-state index in [1.165, 1.54) is 0 Å². The fourth-order valence-electron chi connectivity index (χ4n) is 4.30. The summed E-state index contributed by atoms with van der Waals surface area (Å²) in [5.74, 6) is 0.827. The molecule has 1 unspecified atom stereocenters. The fourth-order valence-corrected chi connectivity index (χ4v) is 5.17. The Hall–Kier alpha value is -2.99. The van der Waals surface area contributed by atoms with Crippen molar-refractivity contribution in [3.8, 4) is 0 Å². The Bertz CT molecular complexity index is 1190. The number of aromatic nitrogens is 1. The number of benzene rings is 2. The van der Waals surface area contributed by atoms with Crippen molar-refractivity contribution < 1.29 is 4.79 Å². The van der Waals surface area contributed by atoms with Gasteiger partial charge in [0.1, 0.15) is 6.04 Å². The molecule has 6 heteroatoms. The number of thiazole rings is 1. The molecule has 1 aliphatic heterocycles. The van der Waals surface area contributed by atoms with Gasteiger partial charge in [0.2, 0.25) is 5.96 Å². The highest BCUT2D eigenvalue weighted by atomic mass is 32.1. The number of aryl methyl sites for hydroxylation is 1. The molecule has 152 valence electrons. The van der Waals surface area contributed by atoms with E-state index in [4.69, 9.17) is 4.99 Å². The van der Waals surface area contributed by atoms with Crippen molar-refractivity contribution in [1.82, 2.24) is 10.3 Å². The Morgan fingerprint density at radius 1 is 1.13 bits per heavy atom. The summed E-state index contributed by atoms with van der Waals surface area (Å²) in [6.45, 7) is 6.35. The van der Waals surface area contributed by atoms with Crippen LogP contribution in [0.4, 0.5) is 5.13 Å². The van der Waals surface area contributed by atoms with Crippen LogP contribution in [0.15, 0.2) is 64.8 Å². The molecule has 2 aliphatic rings. The number of carbonyl (C=O) groups excluding carboxylic acids is 1. The molecular formula is C24H24N4OS. The third kappa shape index (κ3) is 3.52. The molecule has 0 radical (unpaired) electrons. The minimum absolute atomic E-state index is 0.0710. The van der Waals surface area contributed by atoms with E-state index in [9.17, 15) is 4.79 Å². The van der Waals surface area contributed by atoms with Gasteiger partial charge in [-0.05, 0) is 36.5 Å². The topological polar surface area (TPSA) is 66.4 Å². The second kappa shape index (κ2) is 7.06. The molecule has 1 atom stereocenters. The molecule has 1 aromatic heterocycles. The minimum Gasteiger partial charge on any atom is -0.329 e. The predicted octanol–water partition coefficient (Wildman–Crippen LogP) is 5.36. The van der Waals surface area contributed by atoms with Crippen LogP contribution in [-0.4, -0.2) is 16.7 Å². The van der Waals surface area contributed by atoms with E-state index in [2.05, 4.69) is 60.7 Å². The maximum atomic E-state index is 13.1. The summed E-state index contributed by atoms with van der Waals surface area (Å²) in [5, 5.41) is 7.56. The Balaban J connectivity index is 1.55. The number of nitrogens with zero attached hydrogens (tertiary/aromatic N) is 2. The standard InChI is InChI=1S/C24H24N4OS/c1-14-7-6-8-15(11-14)21-20-17(12-24(2,3)13-18(20)29)25-22(27-21)28-23-26-16-9-4-5-10-19(16)30-23/h4-11,21H,12-13H2,1-3H3,(H2,25,26,27,28). The average molecular weight is 417 g/mol. The van der Waals surface area contributed by atoms with Crippen LogP contribution >= 0.6 is 11.3 Å². The predicted molar refractivity (Wildman–Crippen MR) is 123 cm³/mol. The number of hydrogen-bond donors (Lipinski definition) is 2. The second-order valence-corrected chi connectivity index (χ2v) is 9.89. The molecule has 2 heterocycles. The summed E-state index contributed by atoms with van der Waals surface area (Å²) in [6.07, 6.45) is 1.36. The summed E-state index contributed by atoms with van der Waals surface area (Å²) in [5.41, 5.74) is 4.87. The summed E-state index contributed by atoms with van der Waals surface area (Å²) in [7, 11) is 0. The first-order valence-corrected chi connectivity index (χ1v) is 11.0. The molecular weight excluding hydrogens is 392 g/mol. The molecule has 0 saturated carbocycles. The number of ketones is 1. The van der Waals surface area contributed by atoms with Gasteiger partial charge in [-0.25, -0.2) is 9.98 Å². The number of aliphatic imine (C=N–C) groups is 1. The van der Waals surface area contributed by atoms with Crippen LogP contribution in [-0.2, 0) is 4.79 Å². The number of nitrogens with one attached hydrogen (secondary N) is 2. The first-order valence-electron chi connectivity index (χ1n) is 10.2. The lowest BCUT2D eigenvalue weighted by atomic mass is 9.73. The van der Waals surface area contributed by atoms with Crippen molar-refractivity contribution in [2.24, 2.45) is 10.4 Å². The van der Waals surface area contributed by atoms with E-state index in [0.717, 1.165) is 44.2 Å². The van der Waals surface area contributed by atoms with Crippen molar-refractivity contribution in [2.75, 3.05) is 5.32 Å². The molecule has 2 N–H and O–H groups in total. The molecule has 1 aliphatic carbocycles. The average Bonchev–Trinajstić information content (AvgIpc) is 3.08. The van der Waals surface area contributed by atoms with Gasteiger partial charge >= 0.3 is 0 Å². The number of para-hydroxylation sites is 1. The smallest absolute Gasteiger partial charge is 0.202 e. The van der Waals surface area contributed by atoms with Gasteiger partial charge in [-0.1, -0.05) is 67.1 Å². The van der Waals surface area contributed by atoms with Gasteiger partial charge in [0.25, 0.3) is 0 Å². The number of hydrogen-bond acceptors (Lipinski definition) is 6. The highest BCUT2D eigenvalue weighted by molar-refractivity contribution is 7.22. The maximum absolute atomic E-state index is 13.1. The van der Waals surface area contributed by atoms with Gasteiger partial charge in [0.05, 0.1) is 10.2 Å². The van der Waals surface area contributed by atoms with Crippen LogP contribution in [0.1, 0.15) is 43.9 Å². The van der Waals surface area contributed by atoms with Crippen LogP contribution in [0.5, 0.6) is 0 Å². The third-order valence-electron chi connectivity index (χ3n) is 5.60. The number of carbonyl (C=O) groups is 1. The van der Waals surface area contributed by atoms with Crippen LogP contribution in [0.2, 0.25) is 0 Å². The molecule has 3 aromatic rings. The Kier molecular flexibility index (Phi) is 4.47. The lowest BCUT2D eigenvalue weighted by molar-refractivity contribution is -0.118. The van der Waals surface area contributed by atoms with Gasteiger partial charge in [-0.15, -0.1) is 0 Å². The zero-order chi connectivity index (χ0) is 20.9. The molecule has 5 nitrogen and oxygen atoms in total. The number of anilines is 1. The molecule has 2 aromatic carbocycles. The highest BCUT2D eigenvalue weighted by Crippen LogP contribution is 2.43. The zero-order valence-corrected chi connectivity index (χ0v) is 18.1. The van der Waals surface area contributed by atoms with E-state index in [-0.39, 0.29) is 17.2 Å². The first kappa shape index (κ1) is 19.0. The second-order valence-electron chi connectivity index (χ2n) is 8.86. The van der Waals surface area contributed by atoms with Gasteiger partial charge in [-0.2, -0.15) is 0 Å². The minimum atomic E-state index is -0.304. The first-order chi connectivity index (χ1) is 14.4. The van der Waals surface area contributed by atoms with Gasteiger partial charge in [0.15, 0.2) is 10.9 Å². The maximum Gasteiger partial charge on any atom is 0.202 e. The van der Waals surface area contributed by atoms with Gasteiger partial charge < -0.3 is 10.6 Å². The van der Waals surface area contributed by atoms with E-state index < -0.39 is 0 Å². The van der Waals surface area contributed by atoms with Crippen molar-refractivity contribution in [3.63, 3.8) is 0 Å². The van der Waals surface area contributed by atoms with Crippen molar-refractivity contribution in [2.45, 2.75) is 39.7 Å². The van der Waals surface area contributed by atoms with E-state index in [1.807, 2.05) is 24.3 Å². The SMILES string of the molecule is Cc1cccc(C2N=C(Nc3nc4ccccc4s3)NC3=C2C(=O)CC(C)(C)C3)c1. The molecule has 30 heavy (non-hydrogen) atoms. The van der Waals surface area contributed by atoms with E-state index in [1.54, 1.807) is 11.3 Å². The number of Topliss-reactive ketones (excluding diaryl/α,β-unsaturated/α-hetero) is 1. The molecule has 5 rings (SSSR count). The Morgan fingerprint density at radius 2 is 1.97 bits per heavy atom. The fraction of sp³-hybridized carbons (Fsp3) is 0.292. The summed E-state index contributed by atoms with van der Waals surface area (Å²) in [4.78, 5) is 22.7. The van der Waals surface area contributed by atoms with Gasteiger partial charge in [0, 0.05) is 17.7 Å².